The van der Waals surface area contributed by atoms with Gasteiger partial charge in [-0.2, -0.15) is 0 Å². The molecular weight excluding hydrogens is 283 g/mol. The predicted octanol–water partition coefficient (Wildman–Crippen LogP) is 2.87. The van der Waals surface area contributed by atoms with E-state index in [1.807, 2.05) is 25.1 Å². The van der Waals surface area contributed by atoms with Gasteiger partial charge in [-0.25, -0.2) is 4.39 Å². The van der Waals surface area contributed by atoms with Gasteiger partial charge in [0.15, 0.2) is 0 Å². The molecule has 2 rings (SSSR count). The van der Waals surface area contributed by atoms with Crippen LogP contribution >= 0.6 is 0 Å². The molecule has 0 aliphatic rings. The highest BCUT2D eigenvalue weighted by Crippen LogP contribution is 2.24. The lowest BCUT2D eigenvalue weighted by atomic mass is 10.2. The Hall–Kier alpha value is -2.56. The van der Waals surface area contributed by atoms with E-state index < -0.39 is 0 Å². The van der Waals surface area contributed by atoms with E-state index in [-0.39, 0.29) is 24.8 Å². The molecule has 0 atom stereocenters. The fourth-order valence-electron chi connectivity index (χ4n) is 2.03. The number of hydrogen-bond acceptors (Lipinski definition) is 3. The molecule has 2 aromatic rings. The standard InChI is InChI=1S/C17H19FN2O2/c1-12-7-8-16(22-2)15(9-12)19-11-17(21)20-10-13-5-3-4-6-14(13)18/h3-9,19H,10-11H2,1-2H3,(H,20,21). The van der Waals surface area contributed by atoms with Crippen molar-refractivity contribution in [3.05, 3.63) is 59.4 Å². The monoisotopic (exact) mass is 302 g/mol. The maximum absolute atomic E-state index is 13.5. The number of anilines is 1. The second-order valence-corrected chi connectivity index (χ2v) is 4.93. The lowest BCUT2D eigenvalue weighted by molar-refractivity contribution is -0.119. The second kappa shape index (κ2) is 7.45. The van der Waals surface area contributed by atoms with Gasteiger partial charge >= 0.3 is 0 Å². The fraction of sp³-hybridized carbons (Fsp3) is 0.235. The molecule has 2 aromatic carbocycles. The molecule has 0 unspecified atom stereocenters. The zero-order chi connectivity index (χ0) is 15.9. The van der Waals surface area contributed by atoms with Gasteiger partial charge in [0, 0.05) is 12.1 Å². The molecule has 5 heteroatoms. The number of methoxy groups -OCH3 is 1. The summed E-state index contributed by atoms with van der Waals surface area (Å²) in [6.07, 6.45) is 0. The summed E-state index contributed by atoms with van der Waals surface area (Å²) >= 11 is 0. The number of carbonyl (C=O) groups excluding carboxylic acids is 1. The quantitative estimate of drug-likeness (QED) is 0.862. The normalized spacial score (nSPS) is 10.1. The Balaban J connectivity index is 1.88. The number of carbonyl (C=O) groups is 1. The number of ether oxygens (including phenoxy) is 1. The van der Waals surface area contributed by atoms with Crippen molar-refractivity contribution in [1.82, 2.24) is 5.32 Å². The average Bonchev–Trinajstić information content (AvgIpc) is 2.52. The van der Waals surface area contributed by atoms with Crippen LogP contribution in [0.4, 0.5) is 10.1 Å². The van der Waals surface area contributed by atoms with Crippen molar-refractivity contribution in [1.29, 1.82) is 0 Å². The fourth-order valence-corrected chi connectivity index (χ4v) is 2.03. The third-order valence-electron chi connectivity index (χ3n) is 3.23. The summed E-state index contributed by atoms with van der Waals surface area (Å²) in [6, 6.07) is 12.1. The molecule has 2 N–H and O–H groups in total. The maximum atomic E-state index is 13.5. The van der Waals surface area contributed by atoms with Gasteiger partial charge in [-0.1, -0.05) is 24.3 Å². The number of nitrogens with one attached hydrogen (secondary N) is 2. The zero-order valence-electron chi connectivity index (χ0n) is 12.7. The van der Waals surface area contributed by atoms with Gasteiger partial charge in [0.1, 0.15) is 11.6 Å². The Morgan fingerprint density at radius 1 is 1.23 bits per heavy atom. The number of hydrogen-bond donors (Lipinski definition) is 2. The molecular formula is C17H19FN2O2. The second-order valence-electron chi connectivity index (χ2n) is 4.93. The molecule has 0 spiro atoms. The number of aryl methyl sites for hydroxylation is 1. The van der Waals surface area contributed by atoms with Crippen LogP contribution in [0.3, 0.4) is 0 Å². The van der Waals surface area contributed by atoms with E-state index in [1.54, 1.807) is 25.3 Å². The summed E-state index contributed by atoms with van der Waals surface area (Å²) < 4.78 is 18.7. The van der Waals surface area contributed by atoms with Gasteiger partial charge in [-0.3, -0.25) is 4.79 Å². The van der Waals surface area contributed by atoms with Gasteiger partial charge in [0.2, 0.25) is 5.91 Å². The highest BCUT2D eigenvalue weighted by atomic mass is 19.1. The Labute approximate surface area is 129 Å². The maximum Gasteiger partial charge on any atom is 0.239 e. The lowest BCUT2D eigenvalue weighted by Crippen LogP contribution is -2.29. The summed E-state index contributed by atoms with van der Waals surface area (Å²) in [5, 5.41) is 5.70. The summed E-state index contributed by atoms with van der Waals surface area (Å²) in [7, 11) is 1.58. The van der Waals surface area contributed by atoms with E-state index in [9.17, 15) is 9.18 Å². The lowest BCUT2D eigenvalue weighted by Gasteiger charge is -2.12. The summed E-state index contributed by atoms with van der Waals surface area (Å²) in [4.78, 5) is 11.8. The van der Waals surface area contributed by atoms with E-state index in [0.29, 0.717) is 11.3 Å². The van der Waals surface area contributed by atoms with Crippen LogP contribution in [0.2, 0.25) is 0 Å². The first kappa shape index (κ1) is 15.8. The number of rotatable bonds is 6. The summed E-state index contributed by atoms with van der Waals surface area (Å²) in [5.74, 6) is 0.135. The van der Waals surface area contributed by atoms with Gasteiger partial charge in [0.05, 0.1) is 19.3 Å². The Morgan fingerprint density at radius 2 is 2.00 bits per heavy atom. The van der Waals surface area contributed by atoms with E-state index in [4.69, 9.17) is 4.74 Å². The first-order chi connectivity index (χ1) is 10.6. The molecule has 0 saturated carbocycles. The number of halogens is 1. The van der Waals surface area contributed by atoms with Crippen LogP contribution in [0.15, 0.2) is 42.5 Å². The minimum absolute atomic E-state index is 0.0915. The van der Waals surface area contributed by atoms with Crippen LogP contribution in [0.5, 0.6) is 5.75 Å². The van der Waals surface area contributed by atoms with Gasteiger partial charge in [-0.05, 0) is 30.7 Å². The molecule has 0 fully saturated rings. The van der Waals surface area contributed by atoms with Crippen molar-refractivity contribution in [2.75, 3.05) is 19.0 Å². The molecule has 22 heavy (non-hydrogen) atoms. The molecule has 0 aliphatic heterocycles. The highest BCUT2D eigenvalue weighted by molar-refractivity contribution is 5.81. The Morgan fingerprint density at radius 3 is 2.73 bits per heavy atom. The van der Waals surface area contributed by atoms with Crippen molar-refractivity contribution < 1.29 is 13.9 Å². The van der Waals surface area contributed by atoms with Crippen molar-refractivity contribution in [2.45, 2.75) is 13.5 Å². The van der Waals surface area contributed by atoms with E-state index in [0.717, 1.165) is 11.3 Å². The van der Waals surface area contributed by atoms with Gasteiger partial charge in [-0.15, -0.1) is 0 Å². The molecule has 0 saturated heterocycles. The molecule has 0 bridgehead atoms. The van der Waals surface area contributed by atoms with Crippen LogP contribution in [0.1, 0.15) is 11.1 Å². The van der Waals surface area contributed by atoms with Crippen LogP contribution in [-0.2, 0) is 11.3 Å². The number of benzene rings is 2. The van der Waals surface area contributed by atoms with Gasteiger partial charge < -0.3 is 15.4 Å². The third-order valence-corrected chi connectivity index (χ3v) is 3.23. The molecule has 0 aromatic heterocycles. The van der Waals surface area contributed by atoms with E-state index in [2.05, 4.69) is 10.6 Å². The molecule has 0 radical (unpaired) electrons. The summed E-state index contributed by atoms with van der Waals surface area (Å²) in [6.45, 7) is 2.22. The van der Waals surface area contributed by atoms with Crippen molar-refractivity contribution >= 4 is 11.6 Å². The molecule has 4 nitrogen and oxygen atoms in total. The Bertz CT molecular complexity index is 659. The van der Waals surface area contributed by atoms with Gasteiger partial charge in [0.25, 0.3) is 0 Å². The topological polar surface area (TPSA) is 50.4 Å². The Kier molecular flexibility index (Phi) is 5.36. The SMILES string of the molecule is COc1ccc(C)cc1NCC(=O)NCc1ccccc1F. The van der Waals surface area contributed by atoms with Crippen molar-refractivity contribution in [3.8, 4) is 5.75 Å². The smallest absolute Gasteiger partial charge is 0.239 e. The highest BCUT2D eigenvalue weighted by Gasteiger charge is 2.07. The average molecular weight is 302 g/mol. The van der Waals surface area contributed by atoms with E-state index in [1.165, 1.54) is 6.07 Å². The summed E-state index contributed by atoms with van der Waals surface area (Å²) in [5.41, 5.74) is 2.28. The van der Waals surface area contributed by atoms with E-state index >= 15 is 0 Å². The predicted molar refractivity (Wildman–Crippen MR) is 84.5 cm³/mol. The number of amides is 1. The van der Waals surface area contributed by atoms with Crippen LogP contribution in [-0.4, -0.2) is 19.6 Å². The van der Waals surface area contributed by atoms with Crippen LogP contribution in [0, 0.1) is 12.7 Å². The first-order valence-corrected chi connectivity index (χ1v) is 6.99. The van der Waals surface area contributed by atoms with Crippen molar-refractivity contribution in [2.24, 2.45) is 0 Å². The first-order valence-electron chi connectivity index (χ1n) is 6.99. The van der Waals surface area contributed by atoms with Crippen LogP contribution in [0.25, 0.3) is 0 Å². The molecule has 1 amide bonds. The minimum Gasteiger partial charge on any atom is -0.495 e. The molecule has 116 valence electrons. The molecule has 0 aliphatic carbocycles. The van der Waals surface area contributed by atoms with Crippen molar-refractivity contribution in [3.63, 3.8) is 0 Å². The third kappa shape index (κ3) is 4.22. The van der Waals surface area contributed by atoms with Crippen LogP contribution < -0.4 is 15.4 Å². The zero-order valence-corrected chi connectivity index (χ0v) is 12.7. The molecule has 0 heterocycles. The minimum atomic E-state index is -0.323. The largest absolute Gasteiger partial charge is 0.495 e.